The van der Waals surface area contributed by atoms with Gasteiger partial charge in [-0.2, -0.15) is 0 Å². The fraction of sp³-hybridized carbons (Fsp3) is 0.917. The summed E-state index contributed by atoms with van der Waals surface area (Å²) in [6, 6.07) is 0.279. The zero-order chi connectivity index (χ0) is 12.1. The van der Waals surface area contributed by atoms with Crippen molar-refractivity contribution < 1.29 is 4.79 Å². The van der Waals surface area contributed by atoms with Gasteiger partial charge >= 0.3 is 0 Å². The lowest BCUT2D eigenvalue weighted by atomic mass is 9.83. The van der Waals surface area contributed by atoms with Crippen LogP contribution >= 0.6 is 0 Å². The molecule has 0 aliphatic carbocycles. The Hall–Kier alpha value is -0.570. The Balaban J connectivity index is 4.73. The number of carbonyl (C=O) groups is 1. The maximum Gasteiger partial charge on any atom is 0.237 e. The van der Waals surface area contributed by atoms with Gasteiger partial charge < -0.3 is 11.1 Å². The zero-order valence-electron chi connectivity index (χ0n) is 10.8. The second-order valence-corrected chi connectivity index (χ2v) is 4.82. The van der Waals surface area contributed by atoms with Crippen molar-refractivity contribution in [2.75, 3.05) is 0 Å². The molecule has 3 nitrogen and oxygen atoms in total. The van der Waals surface area contributed by atoms with Crippen LogP contribution in [0.15, 0.2) is 0 Å². The SMILES string of the molecule is CCC(C)CC(CC)(NC(C)C)C(N)=O. The molecular weight excluding hydrogens is 188 g/mol. The van der Waals surface area contributed by atoms with Gasteiger partial charge in [-0.05, 0) is 32.6 Å². The monoisotopic (exact) mass is 214 g/mol. The highest BCUT2D eigenvalue weighted by atomic mass is 16.1. The standard InChI is InChI=1S/C12H26N2O/c1-6-10(5)8-12(7-2,11(13)15)14-9(3)4/h9-10,14H,6-8H2,1-5H3,(H2,13,15). The number of amides is 1. The van der Waals surface area contributed by atoms with Crippen molar-refractivity contribution in [3.63, 3.8) is 0 Å². The first-order chi connectivity index (χ1) is 6.88. The second-order valence-electron chi connectivity index (χ2n) is 4.82. The Kier molecular flexibility index (Phi) is 5.88. The predicted molar refractivity (Wildman–Crippen MR) is 64.6 cm³/mol. The second kappa shape index (κ2) is 6.11. The Bertz CT molecular complexity index is 204. The molecule has 0 saturated carbocycles. The van der Waals surface area contributed by atoms with Crippen molar-refractivity contribution in [3.8, 4) is 0 Å². The van der Waals surface area contributed by atoms with Gasteiger partial charge in [-0.25, -0.2) is 0 Å². The molecule has 2 atom stereocenters. The Labute approximate surface area is 93.8 Å². The number of primary amides is 1. The smallest absolute Gasteiger partial charge is 0.237 e. The van der Waals surface area contributed by atoms with Crippen molar-refractivity contribution >= 4 is 5.91 Å². The topological polar surface area (TPSA) is 55.1 Å². The van der Waals surface area contributed by atoms with Crippen LogP contribution in [-0.4, -0.2) is 17.5 Å². The van der Waals surface area contributed by atoms with E-state index in [-0.39, 0.29) is 11.9 Å². The molecule has 0 radical (unpaired) electrons. The highest BCUT2D eigenvalue weighted by Crippen LogP contribution is 2.23. The van der Waals surface area contributed by atoms with Crippen LogP contribution in [0, 0.1) is 5.92 Å². The lowest BCUT2D eigenvalue weighted by Gasteiger charge is -2.34. The third-order valence-corrected chi connectivity index (χ3v) is 3.03. The van der Waals surface area contributed by atoms with E-state index in [1.807, 2.05) is 20.8 Å². The summed E-state index contributed by atoms with van der Waals surface area (Å²) in [5, 5.41) is 3.33. The number of hydrogen-bond acceptors (Lipinski definition) is 2. The normalized spacial score (nSPS) is 17.5. The molecule has 1 amide bonds. The van der Waals surface area contributed by atoms with Crippen LogP contribution in [-0.2, 0) is 4.79 Å². The van der Waals surface area contributed by atoms with Gasteiger partial charge in [0.05, 0.1) is 5.54 Å². The van der Waals surface area contributed by atoms with Gasteiger partial charge in [-0.15, -0.1) is 0 Å². The molecule has 0 aromatic heterocycles. The van der Waals surface area contributed by atoms with E-state index in [4.69, 9.17) is 5.73 Å². The average Bonchev–Trinajstić information content (AvgIpc) is 2.15. The van der Waals surface area contributed by atoms with Gasteiger partial charge in [0.2, 0.25) is 5.91 Å². The average molecular weight is 214 g/mol. The van der Waals surface area contributed by atoms with Crippen LogP contribution in [0.1, 0.15) is 53.9 Å². The fourth-order valence-electron chi connectivity index (χ4n) is 1.94. The number of hydrogen-bond donors (Lipinski definition) is 2. The van der Waals surface area contributed by atoms with Crippen LogP contribution < -0.4 is 11.1 Å². The van der Waals surface area contributed by atoms with E-state index in [1.54, 1.807) is 0 Å². The predicted octanol–water partition coefficient (Wildman–Crippen LogP) is 2.05. The molecule has 2 unspecified atom stereocenters. The largest absolute Gasteiger partial charge is 0.368 e. The van der Waals surface area contributed by atoms with Crippen LogP contribution in [0.4, 0.5) is 0 Å². The van der Waals surface area contributed by atoms with Crippen LogP contribution in [0.3, 0.4) is 0 Å². The minimum Gasteiger partial charge on any atom is -0.368 e. The molecule has 0 spiro atoms. The number of carbonyl (C=O) groups excluding carboxylic acids is 1. The summed E-state index contributed by atoms with van der Waals surface area (Å²) < 4.78 is 0. The lowest BCUT2D eigenvalue weighted by molar-refractivity contribution is -0.125. The number of nitrogens with one attached hydrogen (secondary N) is 1. The molecule has 0 fully saturated rings. The summed E-state index contributed by atoms with van der Waals surface area (Å²) in [4.78, 5) is 11.6. The molecule has 0 bridgehead atoms. The van der Waals surface area contributed by atoms with E-state index >= 15 is 0 Å². The van der Waals surface area contributed by atoms with Crippen molar-refractivity contribution in [1.29, 1.82) is 0 Å². The summed E-state index contributed by atoms with van der Waals surface area (Å²) in [6.07, 6.45) is 2.66. The van der Waals surface area contributed by atoms with Crippen molar-refractivity contribution in [2.24, 2.45) is 11.7 Å². The molecule has 15 heavy (non-hydrogen) atoms. The van der Waals surface area contributed by atoms with Gasteiger partial charge in [-0.3, -0.25) is 4.79 Å². The van der Waals surface area contributed by atoms with Gasteiger partial charge in [0.1, 0.15) is 0 Å². The fourth-order valence-corrected chi connectivity index (χ4v) is 1.94. The Morgan fingerprint density at radius 1 is 1.33 bits per heavy atom. The molecule has 0 aromatic carbocycles. The third kappa shape index (κ3) is 4.20. The third-order valence-electron chi connectivity index (χ3n) is 3.03. The maximum atomic E-state index is 11.6. The van der Waals surface area contributed by atoms with Gasteiger partial charge in [0, 0.05) is 6.04 Å². The molecule has 90 valence electrons. The highest BCUT2D eigenvalue weighted by molar-refractivity contribution is 5.84. The maximum absolute atomic E-state index is 11.6. The van der Waals surface area contributed by atoms with E-state index in [0.29, 0.717) is 5.92 Å². The van der Waals surface area contributed by atoms with Crippen LogP contribution in [0.2, 0.25) is 0 Å². The van der Waals surface area contributed by atoms with E-state index in [9.17, 15) is 4.79 Å². The Morgan fingerprint density at radius 3 is 2.13 bits per heavy atom. The van der Waals surface area contributed by atoms with Gasteiger partial charge in [-0.1, -0.05) is 27.2 Å². The molecule has 0 rings (SSSR count). The summed E-state index contributed by atoms with van der Waals surface area (Å²) in [7, 11) is 0. The van der Waals surface area contributed by atoms with Crippen molar-refractivity contribution in [3.05, 3.63) is 0 Å². The first-order valence-electron chi connectivity index (χ1n) is 5.95. The van der Waals surface area contributed by atoms with E-state index in [2.05, 4.69) is 19.2 Å². The van der Waals surface area contributed by atoms with Gasteiger partial charge in [0.15, 0.2) is 0 Å². The zero-order valence-corrected chi connectivity index (χ0v) is 10.8. The van der Waals surface area contributed by atoms with Crippen molar-refractivity contribution in [2.45, 2.75) is 65.5 Å². The summed E-state index contributed by atoms with van der Waals surface area (Å²) in [5.41, 5.74) is 5.01. The number of nitrogens with two attached hydrogens (primary N) is 1. The molecule has 0 aliphatic heterocycles. The molecule has 0 aliphatic rings. The number of rotatable bonds is 7. The van der Waals surface area contributed by atoms with Crippen molar-refractivity contribution in [1.82, 2.24) is 5.32 Å². The molecule has 3 N–H and O–H groups in total. The molecule has 0 aromatic rings. The first kappa shape index (κ1) is 14.4. The molecule has 3 heteroatoms. The van der Waals surface area contributed by atoms with Gasteiger partial charge in [0.25, 0.3) is 0 Å². The lowest BCUT2D eigenvalue weighted by Crippen LogP contribution is -2.58. The molecule has 0 saturated heterocycles. The highest BCUT2D eigenvalue weighted by Gasteiger charge is 2.35. The first-order valence-corrected chi connectivity index (χ1v) is 5.95. The summed E-state index contributed by atoms with van der Waals surface area (Å²) in [5.74, 6) is 0.294. The van der Waals surface area contributed by atoms with E-state index in [1.165, 1.54) is 0 Å². The summed E-state index contributed by atoms with van der Waals surface area (Å²) in [6.45, 7) is 10.4. The Morgan fingerprint density at radius 2 is 1.87 bits per heavy atom. The van der Waals surface area contributed by atoms with Crippen LogP contribution in [0.5, 0.6) is 0 Å². The van der Waals surface area contributed by atoms with E-state index in [0.717, 1.165) is 19.3 Å². The molecular formula is C12H26N2O. The minimum absolute atomic E-state index is 0.223. The molecule has 0 heterocycles. The van der Waals surface area contributed by atoms with Crippen LogP contribution in [0.25, 0.3) is 0 Å². The minimum atomic E-state index is -0.524. The van der Waals surface area contributed by atoms with E-state index < -0.39 is 5.54 Å². The summed E-state index contributed by atoms with van der Waals surface area (Å²) >= 11 is 0. The quantitative estimate of drug-likeness (QED) is 0.681.